The average molecular weight is 415 g/mol. The molecule has 1 heterocycles. The molecule has 162 valence electrons. The van der Waals surface area contributed by atoms with Gasteiger partial charge in [0, 0.05) is 11.4 Å². The van der Waals surface area contributed by atoms with Gasteiger partial charge in [-0.25, -0.2) is 9.59 Å². The van der Waals surface area contributed by atoms with Crippen molar-refractivity contribution >= 4 is 23.5 Å². The first-order chi connectivity index (χ1) is 13.9. The Balaban J connectivity index is 2.14. The molecule has 1 atom stereocenters. The lowest BCUT2D eigenvalue weighted by atomic mass is 10.0. The van der Waals surface area contributed by atoms with Gasteiger partial charge >= 0.3 is 11.9 Å². The van der Waals surface area contributed by atoms with Crippen molar-refractivity contribution in [3.63, 3.8) is 0 Å². The molecule has 0 aliphatic carbocycles. The van der Waals surface area contributed by atoms with Crippen LogP contribution in [0.5, 0.6) is 0 Å². The standard InChI is InChI=1S/C23H30N2O5/c1-11(2)29-22(27)18-15(6)20(24-16(18)7)23(28)30-17(8)21(26)25-19-13(4)9-12(3)10-14(19)5/h9-11,17,24H,1-8H3,(H,25,26)/t17-/m1/s1. The van der Waals surface area contributed by atoms with Crippen LogP contribution in [0.25, 0.3) is 0 Å². The molecule has 2 rings (SSSR count). The molecule has 0 radical (unpaired) electrons. The van der Waals surface area contributed by atoms with E-state index in [1.807, 2.05) is 32.9 Å². The summed E-state index contributed by atoms with van der Waals surface area (Å²) in [6.07, 6.45) is -1.30. The van der Waals surface area contributed by atoms with Crippen molar-refractivity contribution in [1.82, 2.24) is 4.98 Å². The number of aromatic amines is 1. The maximum Gasteiger partial charge on any atom is 0.355 e. The van der Waals surface area contributed by atoms with Gasteiger partial charge in [-0.2, -0.15) is 0 Å². The Kier molecular flexibility index (Phi) is 7.08. The van der Waals surface area contributed by atoms with E-state index in [1.165, 1.54) is 6.92 Å². The van der Waals surface area contributed by atoms with Crippen molar-refractivity contribution in [2.24, 2.45) is 0 Å². The van der Waals surface area contributed by atoms with Crippen LogP contribution in [-0.4, -0.2) is 35.0 Å². The molecular weight excluding hydrogens is 384 g/mol. The second-order valence-corrected chi connectivity index (χ2v) is 7.89. The zero-order valence-electron chi connectivity index (χ0n) is 18.9. The summed E-state index contributed by atoms with van der Waals surface area (Å²) in [5, 5.41) is 2.83. The lowest BCUT2D eigenvalue weighted by molar-refractivity contribution is -0.123. The number of ether oxygens (including phenoxy) is 2. The predicted octanol–water partition coefficient (Wildman–Crippen LogP) is 4.31. The minimum atomic E-state index is -1.02. The number of aromatic nitrogens is 1. The van der Waals surface area contributed by atoms with Crippen LogP contribution in [0.2, 0.25) is 0 Å². The normalized spacial score (nSPS) is 11.9. The molecule has 1 aromatic heterocycles. The predicted molar refractivity (Wildman–Crippen MR) is 115 cm³/mol. The highest BCUT2D eigenvalue weighted by molar-refractivity contribution is 6.01. The summed E-state index contributed by atoms with van der Waals surface area (Å²) in [6.45, 7) is 14.1. The van der Waals surface area contributed by atoms with Gasteiger partial charge in [0.25, 0.3) is 5.91 Å². The van der Waals surface area contributed by atoms with Gasteiger partial charge in [-0.05, 0) is 72.1 Å². The molecule has 7 nitrogen and oxygen atoms in total. The zero-order valence-corrected chi connectivity index (χ0v) is 18.9. The number of nitrogens with one attached hydrogen (secondary N) is 2. The number of amides is 1. The highest BCUT2D eigenvalue weighted by Gasteiger charge is 2.27. The maximum absolute atomic E-state index is 12.6. The average Bonchev–Trinajstić information content (AvgIpc) is 2.91. The highest BCUT2D eigenvalue weighted by atomic mass is 16.6. The van der Waals surface area contributed by atoms with Crippen LogP contribution in [0, 0.1) is 34.6 Å². The Hall–Kier alpha value is -3.09. The van der Waals surface area contributed by atoms with Crippen LogP contribution in [0.15, 0.2) is 12.1 Å². The molecule has 0 bridgehead atoms. The molecule has 1 aromatic carbocycles. The number of hydrogen-bond donors (Lipinski definition) is 2. The number of anilines is 1. The number of H-pyrrole nitrogens is 1. The Bertz CT molecular complexity index is 965. The first-order valence-corrected chi connectivity index (χ1v) is 9.92. The van der Waals surface area contributed by atoms with Gasteiger partial charge in [-0.15, -0.1) is 0 Å². The largest absolute Gasteiger partial charge is 0.459 e. The number of esters is 2. The summed E-state index contributed by atoms with van der Waals surface area (Å²) in [6, 6.07) is 3.95. The van der Waals surface area contributed by atoms with Crippen LogP contribution in [-0.2, 0) is 14.3 Å². The molecule has 0 spiro atoms. The van der Waals surface area contributed by atoms with E-state index in [-0.39, 0.29) is 11.8 Å². The maximum atomic E-state index is 12.6. The Morgan fingerprint density at radius 3 is 2.00 bits per heavy atom. The molecule has 0 fully saturated rings. The second-order valence-electron chi connectivity index (χ2n) is 7.89. The van der Waals surface area contributed by atoms with Crippen molar-refractivity contribution in [1.29, 1.82) is 0 Å². The first-order valence-electron chi connectivity index (χ1n) is 9.92. The lowest BCUT2D eigenvalue weighted by Gasteiger charge is -2.17. The zero-order chi connectivity index (χ0) is 22.7. The van der Waals surface area contributed by atoms with Gasteiger partial charge in [-0.3, -0.25) is 4.79 Å². The molecular formula is C23H30N2O5. The van der Waals surface area contributed by atoms with Gasteiger partial charge in [0.15, 0.2) is 6.10 Å². The number of hydrogen-bond acceptors (Lipinski definition) is 5. The van der Waals surface area contributed by atoms with Crippen molar-refractivity contribution < 1.29 is 23.9 Å². The number of carbonyl (C=O) groups is 3. The fourth-order valence-electron chi connectivity index (χ4n) is 3.41. The number of carbonyl (C=O) groups excluding carboxylic acids is 3. The minimum absolute atomic E-state index is 0.130. The van der Waals surface area contributed by atoms with Gasteiger partial charge in [0.1, 0.15) is 5.69 Å². The molecule has 2 aromatic rings. The van der Waals surface area contributed by atoms with Gasteiger partial charge in [-0.1, -0.05) is 17.7 Å². The van der Waals surface area contributed by atoms with E-state index >= 15 is 0 Å². The fraction of sp³-hybridized carbons (Fsp3) is 0.435. The fourth-order valence-corrected chi connectivity index (χ4v) is 3.41. The summed E-state index contributed by atoms with van der Waals surface area (Å²) >= 11 is 0. The Labute approximate surface area is 177 Å². The van der Waals surface area contributed by atoms with E-state index in [4.69, 9.17) is 9.47 Å². The third kappa shape index (κ3) is 5.09. The Morgan fingerprint density at radius 1 is 0.900 bits per heavy atom. The van der Waals surface area contributed by atoms with Gasteiger partial charge in [0.05, 0.1) is 11.7 Å². The van der Waals surface area contributed by atoms with E-state index in [9.17, 15) is 14.4 Å². The van der Waals surface area contributed by atoms with E-state index in [0.29, 0.717) is 22.5 Å². The molecule has 0 unspecified atom stereocenters. The van der Waals surface area contributed by atoms with Crippen LogP contribution in [0.3, 0.4) is 0 Å². The molecule has 0 aliphatic rings. The van der Waals surface area contributed by atoms with E-state index in [2.05, 4.69) is 10.3 Å². The number of benzene rings is 1. The lowest BCUT2D eigenvalue weighted by Crippen LogP contribution is -2.30. The molecule has 0 saturated carbocycles. The Morgan fingerprint density at radius 2 is 1.47 bits per heavy atom. The molecule has 1 amide bonds. The SMILES string of the molecule is Cc1cc(C)c(NC(=O)[C@@H](C)OC(=O)c2[nH]c(C)c(C(=O)OC(C)C)c2C)c(C)c1. The third-order valence-corrected chi connectivity index (χ3v) is 4.77. The highest BCUT2D eigenvalue weighted by Crippen LogP contribution is 2.23. The van der Waals surface area contributed by atoms with Crippen LogP contribution >= 0.6 is 0 Å². The topological polar surface area (TPSA) is 97.5 Å². The smallest absolute Gasteiger partial charge is 0.355 e. The summed E-state index contributed by atoms with van der Waals surface area (Å²) in [4.78, 5) is 40.4. The van der Waals surface area contributed by atoms with Crippen LogP contribution in [0.4, 0.5) is 5.69 Å². The summed E-state index contributed by atoms with van der Waals surface area (Å²) < 4.78 is 10.6. The van der Waals surface area contributed by atoms with Gasteiger partial charge < -0.3 is 19.8 Å². The minimum Gasteiger partial charge on any atom is -0.459 e. The van der Waals surface area contributed by atoms with E-state index in [0.717, 1.165) is 16.7 Å². The van der Waals surface area contributed by atoms with Crippen molar-refractivity contribution in [3.05, 3.63) is 51.3 Å². The second kappa shape index (κ2) is 9.15. The van der Waals surface area contributed by atoms with Crippen molar-refractivity contribution in [2.75, 3.05) is 5.32 Å². The summed E-state index contributed by atoms with van der Waals surface area (Å²) in [7, 11) is 0. The quantitative estimate of drug-likeness (QED) is 0.687. The van der Waals surface area contributed by atoms with Crippen molar-refractivity contribution in [2.45, 2.75) is 67.6 Å². The summed E-state index contributed by atoms with van der Waals surface area (Å²) in [5.41, 5.74) is 5.05. The molecule has 0 aliphatic heterocycles. The van der Waals surface area contributed by atoms with E-state index in [1.54, 1.807) is 27.7 Å². The number of rotatable bonds is 6. The van der Waals surface area contributed by atoms with Gasteiger partial charge in [0.2, 0.25) is 0 Å². The van der Waals surface area contributed by atoms with Crippen molar-refractivity contribution in [3.8, 4) is 0 Å². The van der Waals surface area contributed by atoms with Crippen LogP contribution in [0.1, 0.15) is 69.6 Å². The first kappa shape index (κ1) is 23.2. The molecule has 2 N–H and O–H groups in total. The molecule has 30 heavy (non-hydrogen) atoms. The summed E-state index contributed by atoms with van der Waals surface area (Å²) in [5.74, 6) is -1.65. The molecule has 0 saturated heterocycles. The van der Waals surface area contributed by atoms with E-state index < -0.39 is 23.9 Å². The molecule has 7 heteroatoms. The van der Waals surface area contributed by atoms with Crippen LogP contribution < -0.4 is 5.32 Å². The number of aryl methyl sites for hydroxylation is 4. The third-order valence-electron chi connectivity index (χ3n) is 4.77. The monoisotopic (exact) mass is 414 g/mol.